The first kappa shape index (κ1) is 19.1. The van der Waals surface area contributed by atoms with Gasteiger partial charge in [0.25, 0.3) is 0 Å². The first-order valence-corrected chi connectivity index (χ1v) is 9.41. The average Bonchev–Trinajstić information content (AvgIpc) is 2.75. The summed E-state index contributed by atoms with van der Waals surface area (Å²) in [4.78, 5) is 12.8. The second-order valence-electron chi connectivity index (χ2n) is 6.98. The van der Waals surface area contributed by atoms with Crippen LogP contribution < -0.4 is 23.5 Å². The maximum absolute atomic E-state index is 12.8. The quantitative estimate of drug-likeness (QED) is 0.489. The van der Waals surface area contributed by atoms with Gasteiger partial charge in [0.15, 0.2) is 41.5 Å². The molecule has 6 nitrogen and oxygen atoms in total. The normalized spacial score (nSPS) is 12.2. The first-order chi connectivity index (χ1) is 14.0. The van der Waals surface area contributed by atoms with Gasteiger partial charge in [-0.05, 0) is 36.8 Å². The smallest absolute Gasteiger partial charge is 0.224 e. The first-order valence-electron chi connectivity index (χ1n) is 9.41. The Morgan fingerprint density at radius 1 is 0.897 bits per heavy atom. The van der Waals surface area contributed by atoms with E-state index >= 15 is 0 Å². The Morgan fingerprint density at radius 3 is 2.21 bits per heavy atom. The highest BCUT2D eigenvalue weighted by molar-refractivity contribution is 6.12. The zero-order chi connectivity index (χ0) is 20.7. The van der Waals surface area contributed by atoms with E-state index in [-0.39, 0.29) is 5.78 Å². The lowest BCUT2D eigenvalue weighted by atomic mass is 9.90. The van der Waals surface area contributed by atoms with Crippen LogP contribution in [0.4, 0.5) is 0 Å². The largest absolute Gasteiger partial charge is 0.493 e. The number of hydrogen-bond acceptors (Lipinski definition) is 5. The highest BCUT2D eigenvalue weighted by atomic mass is 16.5. The van der Waals surface area contributed by atoms with Crippen molar-refractivity contribution in [3.05, 3.63) is 41.6 Å². The number of nitrogens with zero attached hydrogens (tertiary/aromatic N) is 1. The van der Waals surface area contributed by atoms with Crippen molar-refractivity contribution < 1.29 is 28.3 Å². The predicted octanol–water partition coefficient (Wildman–Crippen LogP) is 3.59. The number of hydrogen-bond donors (Lipinski definition) is 0. The molecule has 4 rings (SSSR count). The second kappa shape index (κ2) is 7.28. The molecule has 0 radical (unpaired) electrons. The lowest BCUT2D eigenvalue weighted by Crippen LogP contribution is -2.41. The monoisotopic (exact) mass is 394 g/mol. The fourth-order valence-corrected chi connectivity index (χ4v) is 4.20. The zero-order valence-corrected chi connectivity index (χ0v) is 17.3. The molecule has 3 aromatic rings. The number of carbonyl (C=O) groups excluding carboxylic acids is 1. The summed E-state index contributed by atoms with van der Waals surface area (Å²) >= 11 is 0. The third kappa shape index (κ3) is 2.87. The molecule has 1 aliphatic rings. The zero-order valence-electron chi connectivity index (χ0n) is 17.3. The molecule has 0 spiro atoms. The lowest BCUT2D eigenvalue weighted by molar-refractivity contribution is -0.686. The van der Waals surface area contributed by atoms with E-state index in [1.807, 2.05) is 30.5 Å². The number of ether oxygens (including phenoxy) is 4. The standard InChI is InChI=1S/C23H24NO5/c1-13(25)21-15-6-7-18(26-2)23(29-5)17(15)12-24-9-8-14-10-19(27-3)20(28-4)11-16(14)22(21)24/h6-7,10-12H,8-9H2,1-5H3/q+1. The Kier molecular flexibility index (Phi) is 4.78. The summed E-state index contributed by atoms with van der Waals surface area (Å²) in [5.41, 5.74) is 3.66. The van der Waals surface area contributed by atoms with E-state index in [0.717, 1.165) is 40.6 Å². The molecule has 0 aliphatic carbocycles. The van der Waals surface area contributed by atoms with Gasteiger partial charge in [0.2, 0.25) is 5.69 Å². The maximum atomic E-state index is 12.8. The Labute approximate surface area is 169 Å². The van der Waals surface area contributed by atoms with Crippen molar-refractivity contribution in [2.75, 3.05) is 28.4 Å². The number of methoxy groups -OCH3 is 4. The molecule has 0 N–H and O–H groups in total. The van der Waals surface area contributed by atoms with Crippen LogP contribution in [0.25, 0.3) is 22.0 Å². The minimum Gasteiger partial charge on any atom is -0.493 e. The van der Waals surface area contributed by atoms with Gasteiger partial charge < -0.3 is 18.9 Å². The van der Waals surface area contributed by atoms with Gasteiger partial charge in [0.05, 0.1) is 45.0 Å². The number of aromatic nitrogens is 1. The summed E-state index contributed by atoms with van der Waals surface area (Å²) in [6.45, 7) is 2.34. The minimum absolute atomic E-state index is 0.00537. The molecule has 0 unspecified atom stereocenters. The lowest BCUT2D eigenvalue weighted by Gasteiger charge is -2.21. The molecular formula is C23H24NO5+. The van der Waals surface area contributed by atoms with Crippen LogP contribution in [0.5, 0.6) is 23.0 Å². The third-order valence-electron chi connectivity index (χ3n) is 5.50. The van der Waals surface area contributed by atoms with Crippen LogP contribution in [-0.4, -0.2) is 34.2 Å². The molecule has 1 aliphatic heterocycles. The van der Waals surface area contributed by atoms with E-state index in [9.17, 15) is 4.79 Å². The van der Waals surface area contributed by atoms with Crippen molar-refractivity contribution >= 4 is 16.6 Å². The number of ketones is 1. The maximum Gasteiger partial charge on any atom is 0.224 e. The molecule has 0 saturated carbocycles. The van der Waals surface area contributed by atoms with Gasteiger partial charge in [-0.2, -0.15) is 4.57 Å². The summed E-state index contributed by atoms with van der Waals surface area (Å²) < 4.78 is 24.2. The Bertz CT molecular complexity index is 1140. The molecule has 0 amide bonds. The fourth-order valence-electron chi connectivity index (χ4n) is 4.20. The number of carbonyl (C=O) groups is 1. The molecule has 0 bridgehead atoms. The van der Waals surface area contributed by atoms with E-state index in [1.165, 1.54) is 0 Å². The summed E-state index contributed by atoms with van der Waals surface area (Å²) in [7, 11) is 6.47. The fraction of sp³-hybridized carbons (Fsp3) is 0.304. The van der Waals surface area contributed by atoms with Gasteiger partial charge in [0.1, 0.15) is 0 Å². The molecule has 0 saturated heterocycles. The average molecular weight is 394 g/mol. The summed E-state index contributed by atoms with van der Waals surface area (Å²) in [6.07, 6.45) is 2.86. The third-order valence-corrected chi connectivity index (χ3v) is 5.50. The number of aryl methyl sites for hydroxylation is 2. The molecular weight excluding hydrogens is 370 g/mol. The number of benzene rings is 2. The molecule has 1 aromatic heterocycles. The predicted molar refractivity (Wildman–Crippen MR) is 109 cm³/mol. The van der Waals surface area contributed by atoms with Crippen LogP contribution >= 0.6 is 0 Å². The van der Waals surface area contributed by atoms with Crippen molar-refractivity contribution in [2.24, 2.45) is 0 Å². The van der Waals surface area contributed by atoms with E-state index in [1.54, 1.807) is 35.4 Å². The van der Waals surface area contributed by atoms with Crippen LogP contribution in [0.2, 0.25) is 0 Å². The van der Waals surface area contributed by atoms with Crippen LogP contribution in [0, 0.1) is 0 Å². The number of rotatable bonds is 5. The van der Waals surface area contributed by atoms with Crippen LogP contribution in [0.1, 0.15) is 22.8 Å². The Hall–Kier alpha value is -3.28. The van der Waals surface area contributed by atoms with Gasteiger partial charge in [0, 0.05) is 11.8 Å². The summed E-state index contributed by atoms with van der Waals surface area (Å²) in [5, 5.41) is 1.69. The van der Waals surface area contributed by atoms with Gasteiger partial charge in [-0.1, -0.05) is 0 Å². The summed E-state index contributed by atoms with van der Waals surface area (Å²) in [6, 6.07) is 7.71. The van der Waals surface area contributed by atoms with Crippen LogP contribution in [0.3, 0.4) is 0 Å². The molecule has 0 atom stereocenters. The van der Waals surface area contributed by atoms with Gasteiger partial charge in [-0.25, -0.2) is 0 Å². The van der Waals surface area contributed by atoms with Crippen LogP contribution in [0.15, 0.2) is 30.5 Å². The molecule has 29 heavy (non-hydrogen) atoms. The number of Topliss-reactive ketones (excluding diaryl/α,β-unsaturated/α-hetero) is 1. The van der Waals surface area contributed by atoms with E-state index in [2.05, 4.69) is 4.57 Å². The van der Waals surface area contributed by atoms with Crippen molar-refractivity contribution in [3.63, 3.8) is 0 Å². The SMILES string of the molecule is COc1cc2c(cc1OC)-c1c(C(C)=O)c3ccc(OC)c(OC)c3c[n+]1CC2. The van der Waals surface area contributed by atoms with Crippen LogP contribution in [-0.2, 0) is 13.0 Å². The van der Waals surface area contributed by atoms with E-state index in [4.69, 9.17) is 18.9 Å². The Balaban J connectivity index is 2.11. The van der Waals surface area contributed by atoms with Gasteiger partial charge in [-0.3, -0.25) is 4.79 Å². The molecule has 2 heterocycles. The minimum atomic E-state index is -0.00537. The van der Waals surface area contributed by atoms with E-state index in [0.29, 0.717) is 28.6 Å². The Morgan fingerprint density at radius 2 is 1.59 bits per heavy atom. The highest BCUT2D eigenvalue weighted by Crippen LogP contribution is 2.42. The number of pyridine rings is 1. The van der Waals surface area contributed by atoms with Crippen molar-refractivity contribution in [1.29, 1.82) is 0 Å². The van der Waals surface area contributed by atoms with Gasteiger partial charge in [-0.15, -0.1) is 0 Å². The van der Waals surface area contributed by atoms with Gasteiger partial charge >= 0.3 is 0 Å². The highest BCUT2D eigenvalue weighted by Gasteiger charge is 2.32. The number of fused-ring (bicyclic) bond motifs is 4. The second-order valence-corrected chi connectivity index (χ2v) is 6.98. The molecule has 150 valence electrons. The molecule has 6 heteroatoms. The molecule has 0 fully saturated rings. The van der Waals surface area contributed by atoms with Crippen molar-refractivity contribution in [1.82, 2.24) is 0 Å². The van der Waals surface area contributed by atoms with E-state index < -0.39 is 0 Å². The van der Waals surface area contributed by atoms with Crippen molar-refractivity contribution in [2.45, 2.75) is 19.9 Å². The van der Waals surface area contributed by atoms with Crippen molar-refractivity contribution in [3.8, 4) is 34.3 Å². The topological polar surface area (TPSA) is 57.9 Å². The summed E-state index contributed by atoms with van der Waals surface area (Å²) in [5.74, 6) is 2.59. The molecule has 2 aromatic carbocycles.